The molecule has 0 heterocycles. The molecule has 0 radical (unpaired) electrons. The van der Waals surface area contributed by atoms with E-state index >= 15 is 0 Å². The van der Waals surface area contributed by atoms with Gasteiger partial charge in [0.05, 0.1) is 17.2 Å². The van der Waals surface area contributed by atoms with Crippen molar-refractivity contribution in [1.82, 2.24) is 4.89 Å². The Kier molecular flexibility index (Phi) is 4.63. The highest BCUT2D eigenvalue weighted by Gasteiger charge is 2.23. The largest absolute Gasteiger partial charge is 0.478 e. The van der Waals surface area contributed by atoms with Crippen LogP contribution in [0.2, 0.25) is 5.02 Å². The highest BCUT2D eigenvalue weighted by Crippen LogP contribution is 2.25. The molecule has 0 aliphatic rings. The Morgan fingerprint density at radius 3 is 2.67 bits per heavy atom. The smallest absolute Gasteiger partial charge is 0.338 e. The van der Waals surface area contributed by atoms with Crippen molar-refractivity contribution in [3.05, 3.63) is 28.5 Å². The molecule has 0 aromatic heterocycles. The van der Waals surface area contributed by atoms with Crippen molar-refractivity contribution in [1.29, 1.82) is 0 Å². The van der Waals surface area contributed by atoms with E-state index in [1.807, 2.05) is 0 Å². The van der Waals surface area contributed by atoms with Gasteiger partial charge in [0.15, 0.2) is 0 Å². The van der Waals surface area contributed by atoms with Crippen molar-refractivity contribution in [3.8, 4) is 0 Å². The lowest BCUT2D eigenvalue weighted by atomic mass is 10.2. The molecular weight excluding hydrogens is 289 g/mol. The molecule has 0 spiro atoms. The fourth-order valence-corrected chi connectivity index (χ4v) is 2.49. The van der Waals surface area contributed by atoms with Crippen LogP contribution in [0, 0.1) is 5.82 Å². The summed E-state index contributed by atoms with van der Waals surface area (Å²) in [7, 11) is -4.16. The van der Waals surface area contributed by atoms with E-state index in [9.17, 15) is 17.6 Å². The highest BCUT2D eigenvalue weighted by atomic mass is 35.5. The van der Waals surface area contributed by atoms with Crippen LogP contribution < -0.4 is 4.89 Å². The summed E-state index contributed by atoms with van der Waals surface area (Å²) < 4.78 is 36.5. The number of sulfonamides is 1. The molecule has 18 heavy (non-hydrogen) atoms. The van der Waals surface area contributed by atoms with E-state index in [0.717, 1.165) is 0 Å². The molecule has 1 aromatic rings. The fraction of sp³-hybridized carbons (Fsp3) is 0.222. The summed E-state index contributed by atoms with van der Waals surface area (Å²) >= 11 is 5.56. The number of rotatable bonds is 5. The summed E-state index contributed by atoms with van der Waals surface area (Å²) in [6.45, 7) is 1.60. The van der Waals surface area contributed by atoms with E-state index in [2.05, 4.69) is 4.84 Å². The van der Waals surface area contributed by atoms with Gasteiger partial charge in [0.2, 0.25) is 0 Å². The summed E-state index contributed by atoms with van der Waals surface area (Å²) in [6.07, 6.45) is 0. The molecule has 0 bridgehead atoms. The van der Waals surface area contributed by atoms with Crippen LogP contribution >= 0.6 is 11.6 Å². The molecule has 0 aliphatic carbocycles. The molecule has 0 unspecified atom stereocenters. The first kappa shape index (κ1) is 14.8. The molecule has 2 N–H and O–H groups in total. The number of benzene rings is 1. The summed E-state index contributed by atoms with van der Waals surface area (Å²) in [5.41, 5.74) is -0.795. The second kappa shape index (κ2) is 5.61. The summed E-state index contributed by atoms with van der Waals surface area (Å²) in [4.78, 5) is 16.3. The molecule has 1 rings (SSSR count). The Labute approximate surface area is 107 Å². The van der Waals surface area contributed by atoms with E-state index in [1.54, 1.807) is 4.89 Å². The molecular formula is C9H9ClFNO5S. The molecule has 0 saturated carbocycles. The predicted octanol–water partition coefficient (Wildman–Crippen LogP) is 1.41. The van der Waals surface area contributed by atoms with E-state index in [0.29, 0.717) is 12.1 Å². The molecule has 0 atom stereocenters. The van der Waals surface area contributed by atoms with Gasteiger partial charge in [-0.2, -0.15) is 0 Å². The lowest BCUT2D eigenvalue weighted by Crippen LogP contribution is -2.24. The van der Waals surface area contributed by atoms with Gasteiger partial charge in [-0.15, -0.1) is 0 Å². The van der Waals surface area contributed by atoms with Gasteiger partial charge in [-0.3, -0.25) is 4.84 Å². The normalized spacial score (nSPS) is 11.5. The van der Waals surface area contributed by atoms with Gasteiger partial charge in [-0.25, -0.2) is 17.6 Å². The Bertz CT molecular complexity index is 575. The van der Waals surface area contributed by atoms with Gasteiger partial charge in [0.1, 0.15) is 10.7 Å². The third-order valence-corrected chi connectivity index (χ3v) is 3.53. The van der Waals surface area contributed by atoms with Crippen molar-refractivity contribution in [2.24, 2.45) is 0 Å². The zero-order valence-electron chi connectivity index (χ0n) is 9.11. The minimum atomic E-state index is -4.16. The number of aromatic carboxylic acids is 1. The number of nitrogens with one attached hydrogen (secondary N) is 1. The van der Waals surface area contributed by atoms with Crippen LogP contribution in [0.3, 0.4) is 0 Å². The summed E-state index contributed by atoms with van der Waals surface area (Å²) in [5.74, 6) is -2.72. The zero-order chi connectivity index (χ0) is 13.9. The van der Waals surface area contributed by atoms with Crippen LogP contribution in [0.5, 0.6) is 0 Å². The van der Waals surface area contributed by atoms with E-state index < -0.39 is 37.3 Å². The van der Waals surface area contributed by atoms with Crippen molar-refractivity contribution in [3.63, 3.8) is 0 Å². The average Bonchev–Trinajstić information content (AvgIpc) is 2.25. The Hall–Kier alpha value is -1.22. The quantitative estimate of drug-likeness (QED) is 0.802. The second-order valence-corrected chi connectivity index (χ2v) is 5.11. The Morgan fingerprint density at radius 2 is 2.17 bits per heavy atom. The highest BCUT2D eigenvalue weighted by molar-refractivity contribution is 7.89. The second-order valence-electron chi connectivity index (χ2n) is 3.09. The summed E-state index contributed by atoms with van der Waals surface area (Å²) in [5, 5.41) is 8.25. The minimum Gasteiger partial charge on any atom is -0.478 e. The maximum Gasteiger partial charge on any atom is 0.338 e. The molecule has 100 valence electrons. The average molecular weight is 298 g/mol. The van der Waals surface area contributed by atoms with Crippen LogP contribution in [0.1, 0.15) is 17.3 Å². The van der Waals surface area contributed by atoms with Gasteiger partial charge >= 0.3 is 5.97 Å². The number of halogens is 2. The maximum absolute atomic E-state index is 13.2. The molecule has 1 aromatic carbocycles. The van der Waals surface area contributed by atoms with Crippen molar-refractivity contribution >= 4 is 27.6 Å². The van der Waals surface area contributed by atoms with Crippen LogP contribution in [-0.4, -0.2) is 26.1 Å². The minimum absolute atomic E-state index is 0.0594. The first-order valence-corrected chi connectivity index (χ1v) is 6.51. The van der Waals surface area contributed by atoms with E-state index in [1.165, 1.54) is 6.92 Å². The SMILES string of the molecule is CCONS(=O)(=O)c1cc(C(=O)O)c(F)cc1Cl. The maximum atomic E-state index is 13.2. The van der Waals surface area contributed by atoms with Gasteiger partial charge in [-0.05, 0) is 19.1 Å². The van der Waals surface area contributed by atoms with Crippen LogP contribution in [0.25, 0.3) is 0 Å². The van der Waals surface area contributed by atoms with E-state index in [-0.39, 0.29) is 6.61 Å². The van der Waals surface area contributed by atoms with E-state index in [4.69, 9.17) is 16.7 Å². The zero-order valence-corrected chi connectivity index (χ0v) is 10.7. The number of hydrogen-bond acceptors (Lipinski definition) is 4. The van der Waals surface area contributed by atoms with Crippen LogP contribution in [-0.2, 0) is 14.9 Å². The van der Waals surface area contributed by atoms with Gasteiger partial charge in [-0.1, -0.05) is 16.5 Å². The number of hydrogen-bond donors (Lipinski definition) is 2. The van der Waals surface area contributed by atoms with Crippen molar-refractivity contribution in [2.45, 2.75) is 11.8 Å². The summed E-state index contributed by atoms with van der Waals surface area (Å²) in [6, 6.07) is 1.24. The lowest BCUT2D eigenvalue weighted by molar-refractivity contribution is 0.0691. The molecule has 0 saturated heterocycles. The third-order valence-electron chi connectivity index (χ3n) is 1.85. The Morgan fingerprint density at radius 1 is 1.56 bits per heavy atom. The predicted molar refractivity (Wildman–Crippen MR) is 60.3 cm³/mol. The molecule has 0 aliphatic heterocycles. The third kappa shape index (κ3) is 3.16. The Balaban J connectivity index is 3.33. The van der Waals surface area contributed by atoms with Crippen LogP contribution in [0.15, 0.2) is 17.0 Å². The lowest BCUT2D eigenvalue weighted by Gasteiger charge is -2.08. The standard InChI is InChI=1S/C9H9ClFNO5S/c1-2-17-12-18(15,16)8-3-5(9(13)14)7(11)4-6(8)10/h3-4,12H,2H2,1H3,(H,13,14). The first-order valence-electron chi connectivity index (χ1n) is 4.65. The topological polar surface area (TPSA) is 92.7 Å². The van der Waals surface area contributed by atoms with Crippen LogP contribution in [0.4, 0.5) is 4.39 Å². The molecule has 9 heteroatoms. The molecule has 0 fully saturated rings. The number of carboxylic acid groups (broad SMARTS) is 1. The number of carboxylic acids is 1. The van der Waals surface area contributed by atoms with Gasteiger partial charge in [0.25, 0.3) is 10.0 Å². The molecule has 6 nitrogen and oxygen atoms in total. The van der Waals surface area contributed by atoms with Gasteiger partial charge < -0.3 is 5.11 Å². The fourth-order valence-electron chi connectivity index (χ4n) is 1.08. The van der Waals surface area contributed by atoms with Crippen molar-refractivity contribution in [2.75, 3.05) is 6.61 Å². The van der Waals surface area contributed by atoms with Gasteiger partial charge in [0, 0.05) is 0 Å². The first-order chi connectivity index (χ1) is 8.29. The monoisotopic (exact) mass is 297 g/mol. The number of carbonyl (C=O) groups is 1. The molecule has 0 amide bonds. The van der Waals surface area contributed by atoms with Crippen molar-refractivity contribution < 1.29 is 27.5 Å².